The molecule has 0 radical (unpaired) electrons. The molecule has 0 aliphatic carbocycles. The molecule has 2 aliphatic heterocycles. The van der Waals surface area contributed by atoms with Crippen LogP contribution in [-0.4, -0.2) is 52.0 Å². The van der Waals surface area contributed by atoms with Crippen LogP contribution in [0.2, 0.25) is 0 Å². The molecule has 2 saturated heterocycles. The summed E-state index contributed by atoms with van der Waals surface area (Å²) >= 11 is 0. The van der Waals surface area contributed by atoms with Gasteiger partial charge in [-0.1, -0.05) is 45.0 Å². The van der Waals surface area contributed by atoms with E-state index in [9.17, 15) is 4.79 Å². The van der Waals surface area contributed by atoms with Crippen molar-refractivity contribution in [1.82, 2.24) is 19.8 Å². The summed E-state index contributed by atoms with van der Waals surface area (Å²) in [4.78, 5) is 25.2. The maximum absolute atomic E-state index is 12.2. The van der Waals surface area contributed by atoms with E-state index in [1.54, 1.807) is 6.07 Å². The number of hydrogen-bond acceptors (Lipinski definition) is 4. The van der Waals surface area contributed by atoms with Crippen LogP contribution in [0.4, 0.5) is 0 Å². The predicted molar refractivity (Wildman–Crippen MR) is 109 cm³/mol. The van der Waals surface area contributed by atoms with Gasteiger partial charge < -0.3 is 4.98 Å². The predicted octanol–water partition coefficient (Wildman–Crippen LogP) is 3.01. The molecular weight excluding hydrogens is 336 g/mol. The van der Waals surface area contributed by atoms with E-state index in [-0.39, 0.29) is 11.0 Å². The van der Waals surface area contributed by atoms with Crippen LogP contribution < -0.4 is 5.56 Å². The van der Waals surface area contributed by atoms with Crippen molar-refractivity contribution >= 4 is 0 Å². The average molecular weight is 367 g/mol. The first-order chi connectivity index (χ1) is 12.9. The molecule has 1 unspecified atom stereocenters. The smallest absolute Gasteiger partial charge is 0.251 e. The first-order valence-electron chi connectivity index (χ1n) is 10.1. The zero-order chi connectivity index (χ0) is 19.0. The molecule has 2 aliphatic rings. The van der Waals surface area contributed by atoms with Crippen LogP contribution >= 0.6 is 0 Å². The molecule has 1 N–H and O–H groups in total. The Morgan fingerprint density at radius 1 is 1.19 bits per heavy atom. The second kappa shape index (κ2) is 7.21. The van der Waals surface area contributed by atoms with Gasteiger partial charge in [-0.05, 0) is 24.9 Å². The standard InChI is InChI=1S/C22H30N4O/c1-22(2,3)19-13-20(27)24-21(23-19)18-9-5-4-7-16(18)14-25-11-12-26-10-6-8-17(26)15-25/h4-5,7,9,13,17H,6,8,10-12,14-15H2,1-3H3,(H,23,24,27). The van der Waals surface area contributed by atoms with Crippen molar-refractivity contribution in [2.24, 2.45) is 0 Å². The SMILES string of the molecule is CC(C)(C)c1cc(=O)[nH]c(-c2ccccc2CN2CCN3CCCC3C2)n1. The van der Waals surface area contributed by atoms with Crippen LogP contribution in [0.3, 0.4) is 0 Å². The molecular formula is C22H30N4O. The molecule has 3 heterocycles. The van der Waals surface area contributed by atoms with E-state index in [2.05, 4.69) is 53.8 Å². The fourth-order valence-corrected chi connectivity index (χ4v) is 4.30. The third kappa shape index (κ3) is 3.99. The van der Waals surface area contributed by atoms with E-state index < -0.39 is 0 Å². The van der Waals surface area contributed by atoms with Crippen molar-refractivity contribution in [3.05, 3.63) is 51.9 Å². The molecule has 27 heavy (non-hydrogen) atoms. The lowest BCUT2D eigenvalue weighted by Gasteiger charge is -2.37. The first-order valence-corrected chi connectivity index (χ1v) is 10.1. The van der Waals surface area contributed by atoms with E-state index in [0.717, 1.165) is 30.9 Å². The number of piperazine rings is 1. The van der Waals surface area contributed by atoms with E-state index >= 15 is 0 Å². The summed E-state index contributed by atoms with van der Waals surface area (Å²) in [6.45, 7) is 11.9. The van der Waals surface area contributed by atoms with Gasteiger partial charge in [0, 0.05) is 49.3 Å². The van der Waals surface area contributed by atoms with E-state index in [1.165, 1.54) is 31.5 Å². The third-order valence-corrected chi connectivity index (χ3v) is 5.85. The lowest BCUT2D eigenvalue weighted by atomic mass is 9.92. The summed E-state index contributed by atoms with van der Waals surface area (Å²) in [7, 11) is 0. The van der Waals surface area contributed by atoms with Gasteiger partial charge in [0.05, 0.1) is 5.69 Å². The summed E-state index contributed by atoms with van der Waals surface area (Å²) < 4.78 is 0. The lowest BCUT2D eigenvalue weighted by Crippen LogP contribution is -2.49. The average Bonchev–Trinajstić information content (AvgIpc) is 3.09. The fourth-order valence-electron chi connectivity index (χ4n) is 4.30. The van der Waals surface area contributed by atoms with Crippen LogP contribution in [0.25, 0.3) is 11.4 Å². The minimum atomic E-state index is -0.156. The maximum atomic E-state index is 12.2. The number of H-pyrrole nitrogens is 1. The second-order valence-electron chi connectivity index (χ2n) is 8.95. The van der Waals surface area contributed by atoms with E-state index in [0.29, 0.717) is 11.9 Å². The quantitative estimate of drug-likeness (QED) is 0.907. The Labute approximate surface area is 161 Å². The van der Waals surface area contributed by atoms with Crippen molar-refractivity contribution in [1.29, 1.82) is 0 Å². The van der Waals surface area contributed by atoms with Crippen molar-refractivity contribution < 1.29 is 0 Å². The fraction of sp³-hybridized carbons (Fsp3) is 0.545. The van der Waals surface area contributed by atoms with Gasteiger partial charge in [-0.2, -0.15) is 0 Å². The monoisotopic (exact) mass is 366 g/mol. The van der Waals surface area contributed by atoms with Crippen LogP contribution in [-0.2, 0) is 12.0 Å². The number of hydrogen-bond donors (Lipinski definition) is 1. The first kappa shape index (κ1) is 18.4. The number of benzene rings is 1. The zero-order valence-electron chi connectivity index (χ0n) is 16.7. The van der Waals surface area contributed by atoms with Crippen LogP contribution in [0, 0.1) is 0 Å². The molecule has 144 valence electrons. The van der Waals surface area contributed by atoms with Crippen molar-refractivity contribution in [2.45, 2.75) is 51.6 Å². The van der Waals surface area contributed by atoms with Gasteiger partial charge in [0.1, 0.15) is 5.82 Å². The molecule has 0 bridgehead atoms. The number of nitrogens with zero attached hydrogens (tertiary/aromatic N) is 3. The molecule has 0 saturated carbocycles. The highest BCUT2D eigenvalue weighted by Crippen LogP contribution is 2.27. The minimum absolute atomic E-state index is 0.0840. The van der Waals surface area contributed by atoms with Gasteiger partial charge in [0.15, 0.2) is 0 Å². The summed E-state index contributed by atoms with van der Waals surface area (Å²) in [5.41, 5.74) is 2.86. The largest absolute Gasteiger partial charge is 0.307 e. The Bertz CT molecular complexity index is 867. The molecule has 1 aromatic heterocycles. The Morgan fingerprint density at radius 2 is 2.00 bits per heavy atom. The minimum Gasteiger partial charge on any atom is -0.307 e. The van der Waals surface area contributed by atoms with Crippen LogP contribution in [0.1, 0.15) is 44.9 Å². The van der Waals surface area contributed by atoms with Crippen molar-refractivity contribution in [3.8, 4) is 11.4 Å². The number of aromatic amines is 1. The Balaban J connectivity index is 1.62. The van der Waals surface area contributed by atoms with Gasteiger partial charge in [0.25, 0.3) is 5.56 Å². The molecule has 2 fully saturated rings. The highest BCUT2D eigenvalue weighted by atomic mass is 16.1. The number of fused-ring (bicyclic) bond motifs is 1. The maximum Gasteiger partial charge on any atom is 0.251 e. The van der Waals surface area contributed by atoms with Gasteiger partial charge in [-0.25, -0.2) is 4.98 Å². The van der Waals surface area contributed by atoms with Gasteiger partial charge >= 0.3 is 0 Å². The Morgan fingerprint density at radius 3 is 2.81 bits per heavy atom. The van der Waals surface area contributed by atoms with Crippen LogP contribution in [0.5, 0.6) is 0 Å². The summed E-state index contributed by atoms with van der Waals surface area (Å²) in [5, 5.41) is 0. The van der Waals surface area contributed by atoms with Gasteiger partial charge in [0.2, 0.25) is 0 Å². The highest BCUT2D eigenvalue weighted by Gasteiger charge is 2.30. The molecule has 1 atom stereocenters. The van der Waals surface area contributed by atoms with Crippen molar-refractivity contribution in [2.75, 3.05) is 26.2 Å². The summed E-state index contributed by atoms with van der Waals surface area (Å²) in [6, 6.07) is 10.7. The van der Waals surface area contributed by atoms with Gasteiger partial charge in [-0.15, -0.1) is 0 Å². The molecule has 2 aromatic rings. The van der Waals surface area contributed by atoms with E-state index in [1.807, 2.05) is 6.07 Å². The Kier molecular flexibility index (Phi) is 4.91. The normalized spacial score (nSPS) is 21.4. The second-order valence-corrected chi connectivity index (χ2v) is 8.95. The van der Waals surface area contributed by atoms with E-state index in [4.69, 9.17) is 4.98 Å². The number of nitrogens with one attached hydrogen (secondary N) is 1. The summed E-state index contributed by atoms with van der Waals surface area (Å²) in [5.74, 6) is 0.683. The topological polar surface area (TPSA) is 52.2 Å². The molecule has 0 spiro atoms. The highest BCUT2D eigenvalue weighted by molar-refractivity contribution is 5.60. The lowest BCUT2D eigenvalue weighted by molar-refractivity contribution is 0.0995. The zero-order valence-corrected chi connectivity index (χ0v) is 16.7. The number of aromatic nitrogens is 2. The molecule has 5 nitrogen and oxygen atoms in total. The number of rotatable bonds is 3. The molecule has 1 aromatic carbocycles. The molecule has 5 heteroatoms. The van der Waals surface area contributed by atoms with Gasteiger partial charge in [-0.3, -0.25) is 14.6 Å². The molecule has 0 amide bonds. The van der Waals surface area contributed by atoms with Crippen LogP contribution in [0.15, 0.2) is 35.1 Å². The molecule has 4 rings (SSSR count). The summed E-state index contributed by atoms with van der Waals surface area (Å²) in [6.07, 6.45) is 2.65. The van der Waals surface area contributed by atoms with Crippen molar-refractivity contribution in [3.63, 3.8) is 0 Å². The Hall–Kier alpha value is -1.98. The third-order valence-electron chi connectivity index (χ3n) is 5.85.